The van der Waals surface area contributed by atoms with Crippen molar-refractivity contribution in [1.82, 2.24) is 0 Å². The summed E-state index contributed by atoms with van der Waals surface area (Å²) in [5.41, 5.74) is 1.02. The second-order valence-corrected chi connectivity index (χ2v) is 7.47. The Kier molecular flexibility index (Phi) is 3.95. The van der Waals surface area contributed by atoms with Crippen molar-refractivity contribution >= 4 is 15.5 Å². The van der Waals surface area contributed by atoms with E-state index < -0.39 is 9.84 Å². The summed E-state index contributed by atoms with van der Waals surface area (Å²) in [5.74, 6) is 0.946. The van der Waals surface area contributed by atoms with Gasteiger partial charge in [0, 0.05) is 11.7 Å². The van der Waals surface area contributed by atoms with Gasteiger partial charge in [0.05, 0.1) is 10.6 Å². The summed E-state index contributed by atoms with van der Waals surface area (Å²) in [6.07, 6.45) is 3.69. The van der Waals surface area contributed by atoms with Crippen molar-refractivity contribution < 1.29 is 8.42 Å². The van der Waals surface area contributed by atoms with Gasteiger partial charge in [-0.2, -0.15) is 0 Å². The first kappa shape index (κ1) is 13.4. The Hall–Kier alpha value is -1.03. The van der Waals surface area contributed by atoms with Crippen LogP contribution in [0.5, 0.6) is 0 Å². The Labute approximate surface area is 110 Å². The zero-order chi connectivity index (χ0) is 13.2. The zero-order valence-electron chi connectivity index (χ0n) is 11.0. The summed E-state index contributed by atoms with van der Waals surface area (Å²) in [5, 5.41) is 3.47. The smallest absolute Gasteiger partial charge is 0.178 e. The van der Waals surface area contributed by atoms with E-state index >= 15 is 0 Å². The Morgan fingerprint density at radius 1 is 1.22 bits per heavy atom. The molecule has 0 radical (unpaired) electrons. The number of hydrogen-bond acceptors (Lipinski definition) is 3. The topological polar surface area (TPSA) is 46.2 Å². The van der Waals surface area contributed by atoms with Crippen LogP contribution < -0.4 is 5.32 Å². The largest absolute Gasteiger partial charge is 0.382 e. The van der Waals surface area contributed by atoms with Crippen LogP contribution in [0.15, 0.2) is 29.2 Å². The van der Waals surface area contributed by atoms with Gasteiger partial charge >= 0.3 is 0 Å². The minimum atomic E-state index is -3.08. The van der Waals surface area contributed by atoms with Crippen molar-refractivity contribution in [3.05, 3.63) is 24.3 Å². The lowest BCUT2D eigenvalue weighted by Crippen LogP contribution is -2.15. The van der Waals surface area contributed by atoms with Crippen LogP contribution in [0.25, 0.3) is 0 Å². The maximum atomic E-state index is 11.7. The number of anilines is 1. The highest BCUT2D eigenvalue weighted by Gasteiger charge is 2.21. The minimum absolute atomic E-state index is 0.153. The lowest BCUT2D eigenvalue weighted by Gasteiger charge is -2.14. The molecule has 4 heteroatoms. The third-order valence-electron chi connectivity index (χ3n) is 3.66. The van der Waals surface area contributed by atoms with E-state index in [1.807, 2.05) is 12.1 Å². The van der Waals surface area contributed by atoms with E-state index in [0.29, 0.717) is 10.9 Å². The van der Waals surface area contributed by atoms with Crippen LogP contribution in [0.1, 0.15) is 33.1 Å². The highest BCUT2D eigenvalue weighted by molar-refractivity contribution is 7.91. The van der Waals surface area contributed by atoms with Gasteiger partial charge in [0.25, 0.3) is 0 Å². The normalized spacial score (nSPS) is 24.1. The van der Waals surface area contributed by atoms with Crippen LogP contribution in [0.3, 0.4) is 0 Å². The molecular weight excluding hydrogens is 246 g/mol. The molecule has 1 saturated carbocycles. The number of hydrogen-bond donors (Lipinski definition) is 1. The molecule has 0 aromatic heterocycles. The zero-order valence-corrected chi connectivity index (χ0v) is 11.8. The molecule has 0 bridgehead atoms. The first-order chi connectivity index (χ1) is 8.51. The van der Waals surface area contributed by atoms with Crippen LogP contribution in [0.4, 0.5) is 5.69 Å². The van der Waals surface area contributed by atoms with Crippen LogP contribution in [-0.2, 0) is 9.84 Å². The summed E-state index contributed by atoms with van der Waals surface area (Å²) in [7, 11) is -3.08. The molecular formula is C14H21NO2S. The molecule has 100 valence electrons. The van der Waals surface area contributed by atoms with Crippen molar-refractivity contribution in [3.63, 3.8) is 0 Å². The predicted octanol–water partition coefficient (Wildman–Crippen LogP) is 3.08. The third kappa shape index (κ3) is 3.05. The van der Waals surface area contributed by atoms with E-state index in [4.69, 9.17) is 0 Å². The van der Waals surface area contributed by atoms with E-state index in [2.05, 4.69) is 12.2 Å². The van der Waals surface area contributed by atoms with Gasteiger partial charge in [-0.25, -0.2) is 8.42 Å². The molecule has 1 N–H and O–H groups in total. The van der Waals surface area contributed by atoms with E-state index in [1.54, 1.807) is 19.1 Å². The fourth-order valence-corrected chi connectivity index (χ4v) is 3.38. The van der Waals surface area contributed by atoms with E-state index in [-0.39, 0.29) is 5.75 Å². The summed E-state index contributed by atoms with van der Waals surface area (Å²) >= 11 is 0. The fraction of sp³-hybridized carbons (Fsp3) is 0.571. The van der Waals surface area contributed by atoms with Crippen LogP contribution in [0.2, 0.25) is 0 Å². The molecule has 18 heavy (non-hydrogen) atoms. The number of rotatable bonds is 4. The van der Waals surface area contributed by atoms with Gasteiger partial charge in [-0.15, -0.1) is 0 Å². The molecule has 0 saturated heterocycles. The van der Waals surface area contributed by atoms with E-state index in [1.165, 1.54) is 19.3 Å². The van der Waals surface area contributed by atoms with Gasteiger partial charge in [0.1, 0.15) is 0 Å². The minimum Gasteiger partial charge on any atom is -0.382 e. The maximum Gasteiger partial charge on any atom is 0.178 e. The molecule has 1 aromatic carbocycles. The van der Waals surface area contributed by atoms with Crippen LogP contribution in [-0.4, -0.2) is 20.2 Å². The highest BCUT2D eigenvalue weighted by Crippen LogP contribution is 2.27. The van der Waals surface area contributed by atoms with Gasteiger partial charge in [-0.1, -0.05) is 13.8 Å². The van der Waals surface area contributed by atoms with Crippen molar-refractivity contribution in [2.45, 2.75) is 44.0 Å². The first-order valence-electron chi connectivity index (χ1n) is 6.60. The molecule has 1 aliphatic rings. The quantitative estimate of drug-likeness (QED) is 0.912. The standard InChI is InChI=1S/C14H21NO2S/c1-3-18(16,17)14-8-6-12(7-9-14)15-13-5-4-11(2)10-13/h6-9,11,13,15H,3-5,10H2,1-2H3. The number of sulfone groups is 1. The molecule has 0 spiro atoms. The molecule has 1 aromatic rings. The molecule has 2 rings (SSSR count). The van der Waals surface area contributed by atoms with Gasteiger partial charge < -0.3 is 5.32 Å². The molecule has 3 nitrogen and oxygen atoms in total. The Morgan fingerprint density at radius 3 is 2.39 bits per heavy atom. The molecule has 1 aliphatic carbocycles. The molecule has 2 atom stereocenters. The molecule has 2 unspecified atom stereocenters. The maximum absolute atomic E-state index is 11.7. The number of benzene rings is 1. The van der Waals surface area contributed by atoms with Crippen molar-refractivity contribution in [2.75, 3.05) is 11.1 Å². The van der Waals surface area contributed by atoms with Gasteiger partial charge in [0.2, 0.25) is 0 Å². The second kappa shape index (κ2) is 5.31. The van der Waals surface area contributed by atoms with Crippen molar-refractivity contribution in [1.29, 1.82) is 0 Å². The average molecular weight is 267 g/mol. The van der Waals surface area contributed by atoms with Gasteiger partial charge in [-0.05, 0) is 49.4 Å². The average Bonchev–Trinajstić information content (AvgIpc) is 2.75. The van der Waals surface area contributed by atoms with E-state index in [0.717, 1.165) is 11.6 Å². The predicted molar refractivity (Wildman–Crippen MR) is 74.6 cm³/mol. The van der Waals surface area contributed by atoms with Crippen molar-refractivity contribution in [2.24, 2.45) is 5.92 Å². The molecule has 0 amide bonds. The molecule has 1 fully saturated rings. The SMILES string of the molecule is CCS(=O)(=O)c1ccc(NC2CCC(C)C2)cc1. The Bertz CT molecular complexity index is 493. The van der Waals surface area contributed by atoms with E-state index in [9.17, 15) is 8.42 Å². The molecule has 0 aliphatic heterocycles. The second-order valence-electron chi connectivity index (χ2n) is 5.19. The van der Waals surface area contributed by atoms with Gasteiger partial charge in [0.15, 0.2) is 9.84 Å². The van der Waals surface area contributed by atoms with Crippen LogP contribution in [0, 0.1) is 5.92 Å². The number of nitrogens with one attached hydrogen (secondary N) is 1. The Balaban J connectivity index is 2.04. The fourth-order valence-electron chi connectivity index (χ4n) is 2.50. The lowest BCUT2D eigenvalue weighted by atomic mass is 10.1. The molecule has 0 heterocycles. The summed E-state index contributed by atoms with van der Waals surface area (Å²) < 4.78 is 23.4. The summed E-state index contributed by atoms with van der Waals surface area (Å²) in [6.45, 7) is 3.94. The summed E-state index contributed by atoms with van der Waals surface area (Å²) in [6, 6.07) is 7.66. The highest BCUT2D eigenvalue weighted by atomic mass is 32.2. The van der Waals surface area contributed by atoms with Crippen molar-refractivity contribution in [3.8, 4) is 0 Å². The Morgan fingerprint density at radius 2 is 1.89 bits per heavy atom. The van der Waals surface area contributed by atoms with Gasteiger partial charge in [-0.3, -0.25) is 0 Å². The third-order valence-corrected chi connectivity index (χ3v) is 5.41. The van der Waals surface area contributed by atoms with Crippen LogP contribution >= 0.6 is 0 Å². The monoisotopic (exact) mass is 267 g/mol. The summed E-state index contributed by atoms with van der Waals surface area (Å²) in [4.78, 5) is 0.412. The lowest BCUT2D eigenvalue weighted by molar-refractivity contribution is 0.597. The first-order valence-corrected chi connectivity index (χ1v) is 8.26.